The third-order valence-corrected chi connectivity index (χ3v) is 9.94. The Hall–Kier alpha value is -4.83. The van der Waals surface area contributed by atoms with Gasteiger partial charge in [0.1, 0.15) is 11.3 Å². The summed E-state index contributed by atoms with van der Waals surface area (Å²) < 4.78 is 3.84. The molecule has 44 heavy (non-hydrogen) atoms. The van der Waals surface area contributed by atoms with E-state index in [-0.39, 0.29) is 11.4 Å². The smallest absolute Gasteiger partial charge is 0.246 e. The fraction of sp³-hybridized carbons (Fsp3) is 0.324. The molecule has 5 aromatic rings. The maximum atomic E-state index is 12.3. The minimum atomic E-state index is 0.0558. The van der Waals surface area contributed by atoms with E-state index in [1.54, 1.807) is 17.1 Å². The normalized spacial score (nSPS) is 22.7. The topological polar surface area (TPSA) is 120 Å². The van der Waals surface area contributed by atoms with Crippen LogP contribution in [0.2, 0.25) is 0 Å². The first-order valence-electron chi connectivity index (χ1n) is 15.5. The Balaban J connectivity index is 1.09. The second kappa shape index (κ2) is 10.4. The second-order valence-corrected chi connectivity index (χ2v) is 12.3. The Morgan fingerprint density at radius 3 is 2.68 bits per heavy atom. The number of imidazole rings is 1. The molecule has 222 valence electrons. The summed E-state index contributed by atoms with van der Waals surface area (Å²) in [5, 5.41) is 8.36. The lowest BCUT2D eigenvalue weighted by molar-refractivity contribution is -0.145. The highest BCUT2D eigenvalue weighted by molar-refractivity contribution is 5.88. The number of nitrogens with two attached hydrogens (primary N) is 1. The Labute approximate surface area is 255 Å². The molecule has 10 heteroatoms. The highest BCUT2D eigenvalue weighted by Gasteiger charge is 2.48. The predicted molar refractivity (Wildman–Crippen MR) is 169 cm³/mol. The summed E-state index contributed by atoms with van der Waals surface area (Å²) in [7, 11) is 0. The predicted octanol–water partition coefficient (Wildman–Crippen LogP) is 4.93. The molecule has 8 rings (SSSR count). The monoisotopic (exact) mass is 585 g/mol. The number of carbonyl (C=O) groups is 1. The lowest BCUT2D eigenvalue weighted by Crippen LogP contribution is -2.63. The quantitative estimate of drug-likeness (QED) is 0.271. The number of nitrogens with zero attached hydrogens (tertiary/aromatic N) is 7. The number of benzene rings is 1. The van der Waals surface area contributed by atoms with Crippen LogP contribution in [0.1, 0.15) is 55.7 Å². The van der Waals surface area contributed by atoms with Crippen LogP contribution in [0.15, 0.2) is 79.8 Å². The van der Waals surface area contributed by atoms with Gasteiger partial charge in [-0.05, 0) is 105 Å². The van der Waals surface area contributed by atoms with Crippen molar-refractivity contribution in [2.75, 3.05) is 12.3 Å². The van der Waals surface area contributed by atoms with E-state index in [0.29, 0.717) is 29.5 Å². The molecule has 0 radical (unpaired) electrons. The zero-order valence-electron chi connectivity index (χ0n) is 24.6. The molecule has 3 aliphatic rings. The van der Waals surface area contributed by atoms with Crippen molar-refractivity contribution in [2.24, 2.45) is 0 Å². The van der Waals surface area contributed by atoms with Gasteiger partial charge in [0.25, 0.3) is 0 Å². The van der Waals surface area contributed by atoms with Crippen LogP contribution in [0.4, 0.5) is 5.82 Å². The van der Waals surface area contributed by atoms with Gasteiger partial charge in [-0.2, -0.15) is 5.10 Å². The van der Waals surface area contributed by atoms with E-state index in [9.17, 15) is 4.79 Å². The largest absolute Gasteiger partial charge is 0.383 e. The molecule has 1 saturated carbocycles. The summed E-state index contributed by atoms with van der Waals surface area (Å²) in [6, 6.07) is 17.1. The lowest BCUT2D eigenvalue weighted by atomic mass is 9.71. The first-order valence-corrected chi connectivity index (χ1v) is 15.5. The SMILES string of the molecule is C=CC(=O)N1CCC12CCC(NC1CCc3cc(-n4c(-c5cccnc5N)nc5ccc(-n6cccn6)nc54)ccc31)CC2. The molecule has 1 saturated heterocycles. The minimum absolute atomic E-state index is 0.0558. The molecule has 1 aromatic carbocycles. The molecule has 1 aliphatic heterocycles. The van der Waals surface area contributed by atoms with Crippen molar-refractivity contribution in [3.8, 4) is 22.9 Å². The van der Waals surface area contributed by atoms with Crippen LogP contribution in [-0.2, 0) is 11.2 Å². The van der Waals surface area contributed by atoms with Crippen LogP contribution < -0.4 is 11.1 Å². The summed E-state index contributed by atoms with van der Waals surface area (Å²) in [6.07, 6.45) is 14.3. The van der Waals surface area contributed by atoms with Crippen LogP contribution in [0.3, 0.4) is 0 Å². The second-order valence-electron chi connectivity index (χ2n) is 12.3. The molecule has 3 N–H and O–H groups in total. The molecular weight excluding hydrogens is 550 g/mol. The molecule has 2 fully saturated rings. The Bertz CT molecular complexity index is 1880. The van der Waals surface area contributed by atoms with E-state index in [1.165, 1.54) is 17.2 Å². The molecule has 1 amide bonds. The Morgan fingerprint density at radius 2 is 1.93 bits per heavy atom. The fourth-order valence-electron chi connectivity index (χ4n) is 7.55. The van der Waals surface area contributed by atoms with Crippen LogP contribution >= 0.6 is 0 Å². The average molecular weight is 586 g/mol. The van der Waals surface area contributed by atoms with Crippen molar-refractivity contribution in [1.82, 2.24) is 39.5 Å². The standard InChI is InChI=1S/C34H35N9O/c1-2-30(44)41-20-16-34(41)14-12-23(13-15-34)38-27-9-6-22-21-24(7-8-25(22)27)43-32(26-5-3-17-36-31(26)35)39-28-10-11-29(40-33(28)43)42-19-4-18-37-42/h2-5,7-8,10-11,17-19,21,23,27,38H,1,6,9,12-16,20H2,(H2,35,36). The van der Waals surface area contributed by atoms with Crippen LogP contribution in [-0.4, -0.2) is 58.2 Å². The van der Waals surface area contributed by atoms with Crippen molar-refractivity contribution < 1.29 is 4.79 Å². The maximum absolute atomic E-state index is 12.3. The van der Waals surface area contributed by atoms with E-state index in [1.807, 2.05) is 41.4 Å². The minimum Gasteiger partial charge on any atom is -0.383 e. The lowest BCUT2D eigenvalue weighted by Gasteiger charge is -2.56. The highest BCUT2D eigenvalue weighted by Crippen LogP contribution is 2.44. The van der Waals surface area contributed by atoms with Gasteiger partial charge >= 0.3 is 0 Å². The summed E-state index contributed by atoms with van der Waals surface area (Å²) in [4.78, 5) is 28.7. The number of carbonyl (C=O) groups excluding carboxylic acids is 1. The molecule has 4 aromatic heterocycles. The third kappa shape index (κ3) is 4.31. The Kier molecular flexibility index (Phi) is 6.33. The maximum Gasteiger partial charge on any atom is 0.246 e. The van der Waals surface area contributed by atoms with Crippen molar-refractivity contribution >= 4 is 22.9 Å². The van der Waals surface area contributed by atoms with E-state index >= 15 is 0 Å². The number of likely N-dealkylation sites (tertiary alicyclic amines) is 1. The van der Waals surface area contributed by atoms with E-state index in [0.717, 1.165) is 73.9 Å². The molecule has 1 unspecified atom stereocenters. The number of hydrogen-bond donors (Lipinski definition) is 2. The number of aryl methyl sites for hydroxylation is 1. The van der Waals surface area contributed by atoms with Crippen LogP contribution in [0, 0.1) is 0 Å². The molecule has 5 heterocycles. The number of hydrogen-bond acceptors (Lipinski definition) is 7. The first kappa shape index (κ1) is 26.8. The Morgan fingerprint density at radius 1 is 1.05 bits per heavy atom. The van der Waals surface area contributed by atoms with Gasteiger partial charge in [0, 0.05) is 48.4 Å². The zero-order valence-corrected chi connectivity index (χ0v) is 24.6. The number of rotatable bonds is 6. The van der Waals surface area contributed by atoms with Crippen molar-refractivity contribution in [3.63, 3.8) is 0 Å². The van der Waals surface area contributed by atoms with Gasteiger partial charge in [0.15, 0.2) is 17.3 Å². The fourth-order valence-corrected chi connectivity index (χ4v) is 7.55. The van der Waals surface area contributed by atoms with Crippen LogP contribution in [0.25, 0.3) is 34.1 Å². The summed E-state index contributed by atoms with van der Waals surface area (Å²) in [5.74, 6) is 1.93. The third-order valence-electron chi connectivity index (χ3n) is 9.94. The highest BCUT2D eigenvalue weighted by atomic mass is 16.2. The van der Waals surface area contributed by atoms with Gasteiger partial charge in [-0.1, -0.05) is 12.6 Å². The number of pyridine rings is 2. The van der Waals surface area contributed by atoms with E-state index < -0.39 is 0 Å². The number of fused-ring (bicyclic) bond motifs is 2. The molecule has 0 bridgehead atoms. The molecule has 1 atom stereocenters. The number of amides is 1. The molecule has 10 nitrogen and oxygen atoms in total. The van der Waals surface area contributed by atoms with Gasteiger partial charge < -0.3 is 16.0 Å². The van der Waals surface area contributed by atoms with E-state index in [2.05, 4.69) is 44.7 Å². The summed E-state index contributed by atoms with van der Waals surface area (Å²) in [5.41, 5.74) is 12.4. The number of nitrogen functional groups attached to an aromatic ring is 1. The van der Waals surface area contributed by atoms with Crippen molar-refractivity contribution in [2.45, 2.75) is 62.6 Å². The zero-order chi connectivity index (χ0) is 29.8. The average Bonchev–Trinajstić information content (AvgIpc) is 3.80. The first-order chi connectivity index (χ1) is 21.5. The van der Waals surface area contributed by atoms with Crippen LogP contribution in [0.5, 0.6) is 0 Å². The molecule has 2 aliphatic carbocycles. The van der Waals surface area contributed by atoms with Crippen molar-refractivity contribution in [1.29, 1.82) is 0 Å². The van der Waals surface area contributed by atoms with Gasteiger partial charge in [0.2, 0.25) is 5.91 Å². The van der Waals surface area contributed by atoms with E-state index in [4.69, 9.17) is 15.7 Å². The number of anilines is 1. The summed E-state index contributed by atoms with van der Waals surface area (Å²) >= 11 is 0. The summed E-state index contributed by atoms with van der Waals surface area (Å²) in [6.45, 7) is 4.56. The van der Waals surface area contributed by atoms with Gasteiger partial charge in [-0.15, -0.1) is 0 Å². The molecule has 1 spiro atoms. The van der Waals surface area contributed by atoms with Gasteiger partial charge in [-0.3, -0.25) is 9.36 Å². The molecular formula is C34H35N9O. The van der Waals surface area contributed by atoms with Gasteiger partial charge in [-0.25, -0.2) is 19.6 Å². The van der Waals surface area contributed by atoms with Crippen molar-refractivity contribution in [3.05, 3.63) is 90.9 Å². The van der Waals surface area contributed by atoms with Gasteiger partial charge in [0.05, 0.1) is 5.56 Å². The number of aromatic nitrogens is 6. The number of nitrogens with one attached hydrogen (secondary N) is 1.